The van der Waals surface area contributed by atoms with Crippen LogP contribution in [0.25, 0.3) is 0 Å². The molecule has 0 radical (unpaired) electrons. The smallest absolute Gasteiger partial charge is 0.416 e. The average molecular weight is 367 g/mol. The van der Waals surface area contributed by atoms with E-state index in [0.717, 1.165) is 12.1 Å². The van der Waals surface area contributed by atoms with Crippen molar-refractivity contribution in [2.24, 2.45) is 0 Å². The van der Waals surface area contributed by atoms with Gasteiger partial charge in [0.1, 0.15) is 5.75 Å². The summed E-state index contributed by atoms with van der Waals surface area (Å²) < 4.78 is 47.7. The van der Waals surface area contributed by atoms with Crippen LogP contribution in [-0.2, 0) is 20.5 Å². The third kappa shape index (κ3) is 5.80. The Morgan fingerprint density at radius 2 is 1.77 bits per heavy atom. The molecule has 26 heavy (non-hydrogen) atoms. The summed E-state index contributed by atoms with van der Waals surface area (Å²) in [5.41, 5.74) is -0.348. The fraction of sp³-hybridized carbons (Fsp3) is 0.222. The molecule has 1 atom stereocenters. The van der Waals surface area contributed by atoms with Crippen LogP contribution in [-0.4, -0.2) is 24.6 Å². The summed E-state index contributed by atoms with van der Waals surface area (Å²) in [6.45, 7) is 0.755. The van der Waals surface area contributed by atoms with Crippen molar-refractivity contribution in [3.8, 4) is 5.75 Å². The molecule has 2 aromatic rings. The zero-order valence-corrected chi connectivity index (χ0v) is 13.7. The molecule has 2 aromatic carbocycles. The molecule has 0 aliphatic heterocycles. The molecule has 0 saturated carbocycles. The number of nitrogens with one attached hydrogen (secondary N) is 1. The van der Waals surface area contributed by atoms with Gasteiger partial charge in [-0.3, -0.25) is 4.79 Å². The molecule has 1 N–H and O–H groups in total. The van der Waals surface area contributed by atoms with Gasteiger partial charge in [-0.2, -0.15) is 13.2 Å². The van der Waals surface area contributed by atoms with Gasteiger partial charge in [0.25, 0.3) is 5.91 Å². The van der Waals surface area contributed by atoms with Crippen LogP contribution in [0.1, 0.15) is 12.5 Å². The molecule has 138 valence electrons. The normalized spacial score (nSPS) is 12.2. The highest BCUT2D eigenvalue weighted by atomic mass is 19.4. The maximum absolute atomic E-state index is 12.6. The van der Waals surface area contributed by atoms with Crippen molar-refractivity contribution >= 4 is 17.6 Å². The maximum atomic E-state index is 12.6. The molecule has 8 heteroatoms. The quantitative estimate of drug-likeness (QED) is 0.792. The highest BCUT2D eigenvalue weighted by molar-refractivity contribution is 5.95. The van der Waals surface area contributed by atoms with E-state index in [0.29, 0.717) is 5.69 Å². The van der Waals surface area contributed by atoms with Gasteiger partial charge in [-0.05, 0) is 37.3 Å². The zero-order chi connectivity index (χ0) is 19.2. The Hall–Kier alpha value is -3.03. The van der Waals surface area contributed by atoms with Crippen LogP contribution in [0.4, 0.5) is 18.9 Å². The minimum absolute atomic E-state index is 0.127. The van der Waals surface area contributed by atoms with Crippen LogP contribution in [0.2, 0.25) is 0 Å². The molecule has 0 aromatic heterocycles. The van der Waals surface area contributed by atoms with Crippen molar-refractivity contribution in [3.05, 3.63) is 60.2 Å². The fourth-order valence-electron chi connectivity index (χ4n) is 1.95. The van der Waals surface area contributed by atoms with Crippen LogP contribution in [0.15, 0.2) is 54.6 Å². The minimum atomic E-state index is -4.51. The Labute approximate surface area is 147 Å². The second-order valence-corrected chi connectivity index (χ2v) is 5.30. The summed E-state index contributed by atoms with van der Waals surface area (Å²) in [5, 5.41) is 2.56. The number of amides is 1. The molecular formula is C18H16F3NO4. The van der Waals surface area contributed by atoms with E-state index in [4.69, 9.17) is 9.47 Å². The summed E-state index contributed by atoms with van der Waals surface area (Å²) in [6.07, 6.45) is -5.60. The lowest BCUT2D eigenvalue weighted by Gasteiger charge is -2.14. The van der Waals surface area contributed by atoms with Gasteiger partial charge in [-0.25, -0.2) is 4.79 Å². The molecule has 0 heterocycles. The van der Waals surface area contributed by atoms with E-state index in [1.807, 2.05) is 0 Å². The van der Waals surface area contributed by atoms with Crippen LogP contribution >= 0.6 is 0 Å². The first-order valence-corrected chi connectivity index (χ1v) is 7.61. The molecule has 0 saturated heterocycles. The van der Waals surface area contributed by atoms with Gasteiger partial charge in [-0.15, -0.1) is 0 Å². The van der Waals surface area contributed by atoms with Gasteiger partial charge < -0.3 is 14.8 Å². The van der Waals surface area contributed by atoms with E-state index in [2.05, 4.69) is 5.32 Å². The van der Waals surface area contributed by atoms with Crippen molar-refractivity contribution in [2.75, 3.05) is 11.9 Å². The first-order chi connectivity index (χ1) is 12.3. The third-order valence-corrected chi connectivity index (χ3v) is 3.24. The maximum Gasteiger partial charge on any atom is 0.416 e. The van der Waals surface area contributed by atoms with Crippen LogP contribution < -0.4 is 10.1 Å². The van der Waals surface area contributed by atoms with E-state index < -0.39 is 36.3 Å². The molecule has 0 aliphatic carbocycles. The second kappa shape index (κ2) is 8.37. The summed E-state index contributed by atoms with van der Waals surface area (Å²) in [5.74, 6) is -1.54. The van der Waals surface area contributed by atoms with E-state index in [9.17, 15) is 22.8 Å². The lowest BCUT2D eigenvalue weighted by atomic mass is 10.2. The molecular weight excluding hydrogens is 351 g/mol. The van der Waals surface area contributed by atoms with Gasteiger partial charge in [0.15, 0.2) is 12.7 Å². The van der Waals surface area contributed by atoms with Crippen LogP contribution in [0.3, 0.4) is 0 Å². The topological polar surface area (TPSA) is 64.6 Å². The van der Waals surface area contributed by atoms with Gasteiger partial charge in [0.05, 0.1) is 5.56 Å². The number of rotatable bonds is 6. The van der Waals surface area contributed by atoms with Gasteiger partial charge in [0, 0.05) is 5.69 Å². The van der Waals surface area contributed by atoms with Crippen LogP contribution in [0.5, 0.6) is 5.75 Å². The molecule has 0 aliphatic rings. The van der Waals surface area contributed by atoms with Gasteiger partial charge in [-0.1, -0.05) is 24.3 Å². The zero-order valence-electron chi connectivity index (χ0n) is 13.7. The van der Waals surface area contributed by atoms with Crippen LogP contribution in [0, 0.1) is 0 Å². The molecule has 5 nitrogen and oxygen atoms in total. The molecule has 0 fully saturated rings. The Kier molecular flexibility index (Phi) is 6.21. The standard InChI is InChI=1S/C18H16F3NO4/c1-12(17(24)22-14-7-3-2-4-8-14)26-16(23)11-25-15-9-5-6-13(10-15)18(19,20)21/h2-10,12H,11H2,1H3,(H,22,24)/t12-/m1/s1. The SMILES string of the molecule is C[C@@H](OC(=O)COc1cccc(C(F)(F)F)c1)C(=O)Nc1ccccc1. The number of esters is 1. The second-order valence-electron chi connectivity index (χ2n) is 5.30. The number of hydrogen-bond donors (Lipinski definition) is 1. The van der Waals surface area contributed by atoms with E-state index in [1.165, 1.54) is 19.1 Å². The lowest BCUT2D eigenvalue weighted by molar-refractivity contribution is -0.155. The Morgan fingerprint density at radius 1 is 1.08 bits per heavy atom. The summed E-state index contributed by atoms with van der Waals surface area (Å²) in [6, 6.07) is 12.7. The largest absolute Gasteiger partial charge is 0.482 e. The first kappa shape index (κ1) is 19.3. The number of hydrogen-bond acceptors (Lipinski definition) is 4. The van der Waals surface area contributed by atoms with E-state index in [1.54, 1.807) is 30.3 Å². The summed E-state index contributed by atoms with van der Waals surface area (Å²) in [7, 11) is 0. The van der Waals surface area contributed by atoms with Crippen molar-refractivity contribution in [2.45, 2.75) is 19.2 Å². The number of ether oxygens (including phenoxy) is 2. The number of alkyl halides is 3. The number of para-hydroxylation sites is 1. The molecule has 0 spiro atoms. The van der Waals surface area contributed by atoms with Crippen molar-refractivity contribution in [1.29, 1.82) is 0 Å². The summed E-state index contributed by atoms with van der Waals surface area (Å²) >= 11 is 0. The lowest BCUT2D eigenvalue weighted by Crippen LogP contribution is -2.31. The van der Waals surface area contributed by atoms with E-state index >= 15 is 0 Å². The number of benzene rings is 2. The van der Waals surface area contributed by atoms with Crippen molar-refractivity contribution in [1.82, 2.24) is 0 Å². The number of halogens is 3. The number of carbonyl (C=O) groups is 2. The Bertz CT molecular complexity index is 763. The van der Waals surface area contributed by atoms with Crippen molar-refractivity contribution < 1.29 is 32.2 Å². The molecule has 2 rings (SSSR count). The van der Waals surface area contributed by atoms with E-state index in [-0.39, 0.29) is 5.75 Å². The number of anilines is 1. The highest BCUT2D eigenvalue weighted by Crippen LogP contribution is 2.31. The monoisotopic (exact) mass is 367 g/mol. The van der Waals surface area contributed by atoms with Gasteiger partial charge >= 0.3 is 12.1 Å². The predicted octanol–water partition coefficient (Wildman–Crippen LogP) is 3.65. The van der Waals surface area contributed by atoms with Crippen molar-refractivity contribution in [3.63, 3.8) is 0 Å². The fourth-order valence-corrected chi connectivity index (χ4v) is 1.95. The Morgan fingerprint density at radius 3 is 2.42 bits per heavy atom. The number of carbonyl (C=O) groups excluding carboxylic acids is 2. The Balaban J connectivity index is 1.84. The molecule has 0 bridgehead atoms. The first-order valence-electron chi connectivity index (χ1n) is 7.61. The van der Waals surface area contributed by atoms with Gasteiger partial charge in [0.2, 0.25) is 0 Å². The predicted molar refractivity (Wildman–Crippen MR) is 87.6 cm³/mol. The summed E-state index contributed by atoms with van der Waals surface area (Å²) in [4.78, 5) is 23.6. The molecule has 0 unspecified atom stereocenters. The average Bonchev–Trinajstić information content (AvgIpc) is 2.60. The highest BCUT2D eigenvalue weighted by Gasteiger charge is 2.30. The minimum Gasteiger partial charge on any atom is -0.482 e. The third-order valence-electron chi connectivity index (χ3n) is 3.24. The molecule has 1 amide bonds.